The molecular weight excluding hydrogens is 298 g/mol. The topological polar surface area (TPSA) is 111 Å². The predicted molar refractivity (Wildman–Crippen MR) is 78.0 cm³/mol. The lowest BCUT2D eigenvalue weighted by molar-refractivity contribution is -0.386. The van der Waals surface area contributed by atoms with Gasteiger partial charge in [0.2, 0.25) is 10.0 Å². The monoisotopic (exact) mass is 317 g/mol. The Morgan fingerprint density at radius 1 is 1.29 bits per heavy atom. The molecule has 1 aromatic rings. The zero-order valence-corrected chi connectivity index (χ0v) is 12.8. The van der Waals surface area contributed by atoms with Gasteiger partial charge in [0, 0.05) is 19.2 Å². The molecule has 0 amide bonds. The second-order valence-electron chi connectivity index (χ2n) is 4.24. The number of hydrogen-bond donors (Lipinski definition) is 2. The molecule has 1 rings (SSSR count). The Bertz CT molecular complexity index is 589. The van der Waals surface area contributed by atoms with Crippen molar-refractivity contribution in [2.24, 2.45) is 0 Å². The van der Waals surface area contributed by atoms with Gasteiger partial charge in [-0.1, -0.05) is 6.92 Å². The summed E-state index contributed by atoms with van der Waals surface area (Å²) in [6.07, 6.45) is 0.956. The van der Waals surface area contributed by atoms with Crippen LogP contribution in [0.4, 0.5) is 5.69 Å². The van der Waals surface area contributed by atoms with E-state index in [0.29, 0.717) is 6.54 Å². The van der Waals surface area contributed by atoms with Crippen molar-refractivity contribution < 1.29 is 18.1 Å². The van der Waals surface area contributed by atoms with Crippen molar-refractivity contribution >= 4 is 15.7 Å². The van der Waals surface area contributed by atoms with Crippen LogP contribution in [0.5, 0.6) is 5.75 Å². The quantitative estimate of drug-likeness (QED) is 0.397. The lowest BCUT2D eigenvalue weighted by atomic mass is 10.3. The first-order chi connectivity index (χ1) is 9.92. The van der Waals surface area contributed by atoms with Crippen molar-refractivity contribution in [1.82, 2.24) is 10.0 Å². The van der Waals surface area contributed by atoms with Gasteiger partial charge in [0.25, 0.3) is 0 Å². The van der Waals surface area contributed by atoms with Crippen LogP contribution in [0.15, 0.2) is 23.1 Å². The van der Waals surface area contributed by atoms with Gasteiger partial charge in [0.15, 0.2) is 5.75 Å². The normalized spacial score (nSPS) is 11.3. The number of rotatable bonds is 9. The van der Waals surface area contributed by atoms with E-state index in [2.05, 4.69) is 10.0 Å². The number of methoxy groups -OCH3 is 1. The van der Waals surface area contributed by atoms with Gasteiger partial charge in [-0.25, -0.2) is 13.1 Å². The largest absolute Gasteiger partial charge is 0.490 e. The summed E-state index contributed by atoms with van der Waals surface area (Å²) in [5.41, 5.74) is -0.385. The average Bonchev–Trinajstić information content (AvgIpc) is 2.46. The molecule has 0 saturated carbocycles. The molecule has 0 aliphatic carbocycles. The Morgan fingerprint density at radius 2 is 2.00 bits per heavy atom. The van der Waals surface area contributed by atoms with Gasteiger partial charge in [-0.05, 0) is 25.1 Å². The second-order valence-corrected chi connectivity index (χ2v) is 6.01. The minimum absolute atomic E-state index is 0.0172. The first-order valence-electron chi connectivity index (χ1n) is 6.45. The third kappa shape index (κ3) is 4.96. The van der Waals surface area contributed by atoms with Gasteiger partial charge in [-0.15, -0.1) is 0 Å². The molecule has 0 spiro atoms. The van der Waals surface area contributed by atoms with Gasteiger partial charge in [0.1, 0.15) is 0 Å². The van der Waals surface area contributed by atoms with Crippen molar-refractivity contribution in [2.45, 2.75) is 18.2 Å². The lowest BCUT2D eigenvalue weighted by Gasteiger charge is -2.08. The zero-order valence-electron chi connectivity index (χ0n) is 12.0. The van der Waals surface area contributed by atoms with E-state index in [4.69, 9.17) is 4.74 Å². The van der Waals surface area contributed by atoms with Crippen LogP contribution in [-0.2, 0) is 10.0 Å². The fourth-order valence-corrected chi connectivity index (χ4v) is 2.69. The van der Waals surface area contributed by atoms with Crippen molar-refractivity contribution in [3.63, 3.8) is 0 Å². The molecule has 0 bridgehead atoms. The van der Waals surface area contributed by atoms with Gasteiger partial charge < -0.3 is 10.1 Å². The maximum atomic E-state index is 12.0. The van der Waals surface area contributed by atoms with Crippen LogP contribution in [0, 0.1) is 10.1 Å². The summed E-state index contributed by atoms with van der Waals surface area (Å²) in [4.78, 5) is 10.1. The summed E-state index contributed by atoms with van der Waals surface area (Å²) in [7, 11) is -2.49. The van der Waals surface area contributed by atoms with E-state index >= 15 is 0 Å². The highest BCUT2D eigenvalue weighted by Gasteiger charge is 2.21. The first-order valence-corrected chi connectivity index (χ1v) is 7.93. The first kappa shape index (κ1) is 17.3. The summed E-state index contributed by atoms with van der Waals surface area (Å²) in [5, 5.41) is 13.9. The molecule has 0 saturated heterocycles. The molecule has 21 heavy (non-hydrogen) atoms. The lowest BCUT2D eigenvalue weighted by Crippen LogP contribution is -2.32. The molecule has 0 aliphatic heterocycles. The molecule has 0 aliphatic rings. The number of benzene rings is 1. The molecule has 0 unspecified atom stereocenters. The van der Waals surface area contributed by atoms with Crippen molar-refractivity contribution in [3.8, 4) is 5.75 Å². The number of nitrogens with one attached hydrogen (secondary N) is 2. The minimum atomic E-state index is -3.78. The summed E-state index contributed by atoms with van der Waals surface area (Å²) < 4.78 is 31.3. The fourth-order valence-electron chi connectivity index (χ4n) is 1.64. The van der Waals surface area contributed by atoms with Crippen molar-refractivity contribution in [2.75, 3.05) is 26.7 Å². The predicted octanol–water partition coefficient (Wildman–Crippen LogP) is 0.881. The fraction of sp³-hybridized carbons (Fsp3) is 0.500. The standard InChI is InChI=1S/C12H19N3O5S/c1-3-6-13-7-8-14-21(18,19)10-4-5-12(20-2)11(9-10)15(16)17/h4-5,9,13-14H,3,6-8H2,1-2H3. The smallest absolute Gasteiger partial charge is 0.312 e. The molecule has 1 aromatic carbocycles. The Hall–Kier alpha value is -1.71. The molecule has 0 fully saturated rings. The number of nitro groups is 1. The number of nitro benzene ring substituents is 1. The molecule has 0 radical (unpaired) electrons. The Morgan fingerprint density at radius 3 is 2.57 bits per heavy atom. The third-order valence-electron chi connectivity index (χ3n) is 2.68. The van der Waals surface area contributed by atoms with E-state index in [9.17, 15) is 18.5 Å². The molecule has 2 N–H and O–H groups in total. The molecular formula is C12H19N3O5S. The van der Waals surface area contributed by atoms with Gasteiger partial charge >= 0.3 is 5.69 Å². The summed E-state index contributed by atoms with van der Waals surface area (Å²) in [5.74, 6) is 0.0172. The van der Waals surface area contributed by atoms with E-state index in [1.807, 2.05) is 6.92 Å². The van der Waals surface area contributed by atoms with Crippen LogP contribution in [0.25, 0.3) is 0 Å². The molecule has 118 valence electrons. The Labute approximate surface area is 123 Å². The SMILES string of the molecule is CCCNCCNS(=O)(=O)c1ccc(OC)c([N+](=O)[O-])c1. The minimum Gasteiger partial charge on any atom is -0.490 e. The van der Waals surface area contributed by atoms with Crippen molar-refractivity contribution in [1.29, 1.82) is 0 Å². The Kier molecular flexibility index (Phi) is 6.53. The van der Waals surface area contributed by atoms with E-state index in [1.165, 1.54) is 19.2 Å². The van der Waals surface area contributed by atoms with Crippen molar-refractivity contribution in [3.05, 3.63) is 28.3 Å². The number of nitrogens with zero attached hydrogens (tertiary/aromatic N) is 1. The van der Waals surface area contributed by atoms with Crippen LogP contribution in [0.3, 0.4) is 0 Å². The zero-order chi connectivity index (χ0) is 15.9. The highest BCUT2D eigenvalue weighted by molar-refractivity contribution is 7.89. The number of ether oxygens (including phenoxy) is 1. The molecule has 0 aromatic heterocycles. The highest BCUT2D eigenvalue weighted by atomic mass is 32.2. The molecule has 0 heterocycles. The summed E-state index contributed by atoms with van der Waals surface area (Å²) in [6.45, 7) is 3.51. The van der Waals surface area contributed by atoms with Gasteiger partial charge in [-0.2, -0.15) is 0 Å². The van der Waals surface area contributed by atoms with Gasteiger partial charge in [0.05, 0.1) is 16.9 Å². The van der Waals surface area contributed by atoms with E-state index < -0.39 is 14.9 Å². The molecule has 0 atom stereocenters. The van der Waals surface area contributed by atoms with Crippen LogP contribution in [0.2, 0.25) is 0 Å². The summed E-state index contributed by atoms with van der Waals surface area (Å²) in [6, 6.07) is 3.52. The number of hydrogen-bond acceptors (Lipinski definition) is 6. The van der Waals surface area contributed by atoms with Crippen LogP contribution < -0.4 is 14.8 Å². The average molecular weight is 317 g/mol. The molecule has 8 nitrogen and oxygen atoms in total. The van der Waals surface area contributed by atoms with E-state index in [-0.39, 0.29) is 22.9 Å². The highest BCUT2D eigenvalue weighted by Crippen LogP contribution is 2.29. The van der Waals surface area contributed by atoms with E-state index in [0.717, 1.165) is 19.0 Å². The van der Waals surface area contributed by atoms with Crippen LogP contribution >= 0.6 is 0 Å². The Balaban J connectivity index is 2.83. The van der Waals surface area contributed by atoms with Crippen LogP contribution in [0.1, 0.15) is 13.3 Å². The third-order valence-corrected chi connectivity index (χ3v) is 4.14. The van der Waals surface area contributed by atoms with Crippen LogP contribution in [-0.4, -0.2) is 40.1 Å². The van der Waals surface area contributed by atoms with E-state index in [1.54, 1.807) is 0 Å². The van der Waals surface area contributed by atoms with Gasteiger partial charge in [-0.3, -0.25) is 10.1 Å². The number of sulfonamides is 1. The maximum Gasteiger partial charge on any atom is 0.312 e. The molecule has 9 heteroatoms. The maximum absolute atomic E-state index is 12.0. The summed E-state index contributed by atoms with van der Waals surface area (Å²) >= 11 is 0. The second kappa shape index (κ2) is 7.91.